The van der Waals surface area contributed by atoms with Gasteiger partial charge in [0.2, 0.25) is 0 Å². The third-order valence-corrected chi connectivity index (χ3v) is 3.46. The third-order valence-electron chi connectivity index (χ3n) is 3.46. The summed E-state index contributed by atoms with van der Waals surface area (Å²) in [5.74, 6) is 5.59. The molecule has 0 radical (unpaired) electrons. The molecule has 21 heavy (non-hydrogen) atoms. The number of alkyl halides is 3. The van der Waals surface area contributed by atoms with Crippen LogP contribution in [0.5, 0.6) is 0 Å². The van der Waals surface area contributed by atoms with Crippen molar-refractivity contribution in [2.24, 2.45) is 5.84 Å². The SMILES string of the molecule is CCc1ccccc1C(NN)c1cccc(C(F)(F)F)c1. The molecule has 2 aromatic carbocycles. The first kappa shape index (κ1) is 15.5. The van der Waals surface area contributed by atoms with Crippen LogP contribution in [0.15, 0.2) is 48.5 Å². The second-order valence-corrected chi connectivity index (χ2v) is 4.78. The molecule has 0 saturated carbocycles. The van der Waals surface area contributed by atoms with Gasteiger partial charge in [0.05, 0.1) is 11.6 Å². The molecule has 0 spiro atoms. The Morgan fingerprint density at radius 3 is 2.43 bits per heavy atom. The number of hydrazine groups is 1. The lowest BCUT2D eigenvalue weighted by molar-refractivity contribution is -0.137. The topological polar surface area (TPSA) is 38.0 Å². The van der Waals surface area contributed by atoms with Gasteiger partial charge in [-0.05, 0) is 35.2 Å². The molecule has 0 aliphatic carbocycles. The molecule has 0 aliphatic rings. The van der Waals surface area contributed by atoms with Crippen LogP contribution < -0.4 is 11.3 Å². The maximum atomic E-state index is 12.8. The zero-order valence-electron chi connectivity index (χ0n) is 11.6. The zero-order valence-corrected chi connectivity index (χ0v) is 11.6. The number of aryl methyl sites for hydroxylation is 1. The Balaban J connectivity index is 2.47. The highest BCUT2D eigenvalue weighted by atomic mass is 19.4. The largest absolute Gasteiger partial charge is 0.416 e. The molecule has 1 unspecified atom stereocenters. The van der Waals surface area contributed by atoms with Crippen LogP contribution in [0.3, 0.4) is 0 Å². The van der Waals surface area contributed by atoms with Gasteiger partial charge in [0.25, 0.3) is 0 Å². The van der Waals surface area contributed by atoms with Gasteiger partial charge < -0.3 is 0 Å². The van der Waals surface area contributed by atoms with E-state index in [0.717, 1.165) is 29.7 Å². The summed E-state index contributed by atoms with van der Waals surface area (Å²) in [7, 11) is 0. The Labute approximate surface area is 121 Å². The fraction of sp³-hybridized carbons (Fsp3) is 0.250. The summed E-state index contributed by atoms with van der Waals surface area (Å²) in [4.78, 5) is 0. The molecule has 0 amide bonds. The van der Waals surface area contributed by atoms with Gasteiger partial charge in [0.1, 0.15) is 0 Å². The summed E-state index contributed by atoms with van der Waals surface area (Å²) < 4.78 is 38.5. The van der Waals surface area contributed by atoms with Crippen molar-refractivity contribution in [3.63, 3.8) is 0 Å². The summed E-state index contributed by atoms with van der Waals surface area (Å²) in [6.45, 7) is 2.00. The van der Waals surface area contributed by atoms with Crippen molar-refractivity contribution < 1.29 is 13.2 Å². The summed E-state index contributed by atoms with van der Waals surface area (Å²) in [5.41, 5.74) is 4.39. The van der Waals surface area contributed by atoms with E-state index in [9.17, 15) is 13.2 Å². The van der Waals surface area contributed by atoms with Gasteiger partial charge in [-0.15, -0.1) is 0 Å². The van der Waals surface area contributed by atoms with Crippen LogP contribution in [0.1, 0.15) is 35.2 Å². The monoisotopic (exact) mass is 294 g/mol. The first-order valence-electron chi connectivity index (χ1n) is 6.68. The van der Waals surface area contributed by atoms with Crippen molar-refractivity contribution in [3.05, 3.63) is 70.8 Å². The predicted molar refractivity (Wildman–Crippen MR) is 76.4 cm³/mol. The van der Waals surface area contributed by atoms with Gasteiger partial charge >= 0.3 is 6.18 Å². The summed E-state index contributed by atoms with van der Waals surface area (Å²) in [6.07, 6.45) is -3.58. The molecule has 2 aromatic rings. The quantitative estimate of drug-likeness (QED) is 0.664. The van der Waals surface area contributed by atoms with E-state index in [-0.39, 0.29) is 0 Å². The molecule has 0 aliphatic heterocycles. The van der Waals surface area contributed by atoms with Crippen molar-refractivity contribution in [2.75, 3.05) is 0 Å². The van der Waals surface area contributed by atoms with Gasteiger partial charge in [-0.1, -0.05) is 43.3 Å². The van der Waals surface area contributed by atoms with Crippen molar-refractivity contribution in [1.29, 1.82) is 0 Å². The highest BCUT2D eigenvalue weighted by Crippen LogP contribution is 2.32. The molecule has 0 heterocycles. The maximum Gasteiger partial charge on any atom is 0.416 e. The van der Waals surface area contributed by atoms with Crippen LogP contribution in [-0.4, -0.2) is 0 Å². The highest BCUT2D eigenvalue weighted by molar-refractivity contribution is 5.39. The number of nitrogens with two attached hydrogens (primary N) is 1. The van der Waals surface area contributed by atoms with Gasteiger partial charge in [0.15, 0.2) is 0 Å². The summed E-state index contributed by atoms with van der Waals surface area (Å²) >= 11 is 0. The molecular formula is C16H17F3N2. The van der Waals surface area contributed by atoms with E-state index in [1.165, 1.54) is 6.07 Å². The normalized spacial score (nSPS) is 13.2. The predicted octanol–water partition coefficient (Wildman–Crippen LogP) is 3.82. The van der Waals surface area contributed by atoms with Crippen LogP contribution in [0.25, 0.3) is 0 Å². The third kappa shape index (κ3) is 3.43. The molecule has 0 aromatic heterocycles. The van der Waals surface area contributed by atoms with E-state index < -0.39 is 17.8 Å². The molecule has 1 atom stereocenters. The Morgan fingerprint density at radius 1 is 1.10 bits per heavy atom. The van der Waals surface area contributed by atoms with Crippen molar-refractivity contribution in [3.8, 4) is 0 Å². The minimum atomic E-state index is -4.36. The minimum Gasteiger partial charge on any atom is -0.271 e. The number of rotatable bonds is 4. The van der Waals surface area contributed by atoms with Crippen LogP contribution in [0.4, 0.5) is 13.2 Å². The molecule has 0 fully saturated rings. The Morgan fingerprint density at radius 2 is 1.81 bits per heavy atom. The highest BCUT2D eigenvalue weighted by Gasteiger charge is 2.31. The van der Waals surface area contributed by atoms with Crippen LogP contribution in [0, 0.1) is 0 Å². The van der Waals surface area contributed by atoms with E-state index in [1.54, 1.807) is 6.07 Å². The lowest BCUT2D eigenvalue weighted by Gasteiger charge is -2.21. The smallest absolute Gasteiger partial charge is 0.271 e. The molecule has 2 rings (SSSR count). The van der Waals surface area contributed by atoms with Crippen molar-refractivity contribution >= 4 is 0 Å². The Hall–Kier alpha value is -1.85. The van der Waals surface area contributed by atoms with E-state index >= 15 is 0 Å². The zero-order chi connectivity index (χ0) is 15.5. The Kier molecular flexibility index (Phi) is 4.65. The summed E-state index contributed by atoms with van der Waals surface area (Å²) in [6, 6.07) is 12.4. The van der Waals surface area contributed by atoms with Gasteiger partial charge in [-0.3, -0.25) is 5.84 Å². The van der Waals surface area contributed by atoms with E-state index in [0.29, 0.717) is 5.56 Å². The Bertz CT molecular complexity index is 608. The van der Waals surface area contributed by atoms with Gasteiger partial charge in [-0.25, -0.2) is 5.43 Å². The first-order chi connectivity index (χ1) is 9.97. The number of hydrogen-bond acceptors (Lipinski definition) is 2. The van der Waals surface area contributed by atoms with E-state index in [4.69, 9.17) is 5.84 Å². The average Bonchev–Trinajstić information content (AvgIpc) is 2.48. The first-order valence-corrected chi connectivity index (χ1v) is 6.68. The second kappa shape index (κ2) is 6.28. The summed E-state index contributed by atoms with van der Waals surface area (Å²) in [5, 5.41) is 0. The minimum absolute atomic E-state index is 0.469. The lowest BCUT2D eigenvalue weighted by Crippen LogP contribution is -2.29. The standard InChI is InChI=1S/C16H17F3N2/c1-2-11-6-3-4-9-14(11)15(21-20)12-7-5-8-13(10-12)16(17,18)19/h3-10,15,21H,2,20H2,1H3. The molecule has 112 valence electrons. The fourth-order valence-electron chi connectivity index (χ4n) is 2.40. The number of nitrogens with one attached hydrogen (secondary N) is 1. The molecule has 0 saturated heterocycles. The molecule has 0 bridgehead atoms. The second-order valence-electron chi connectivity index (χ2n) is 4.78. The maximum absolute atomic E-state index is 12.8. The van der Waals surface area contributed by atoms with E-state index in [2.05, 4.69) is 5.43 Å². The molecule has 3 N–H and O–H groups in total. The fourth-order valence-corrected chi connectivity index (χ4v) is 2.40. The van der Waals surface area contributed by atoms with Crippen molar-refractivity contribution in [1.82, 2.24) is 5.43 Å². The molecule has 5 heteroatoms. The number of benzene rings is 2. The average molecular weight is 294 g/mol. The molecule has 2 nitrogen and oxygen atoms in total. The van der Waals surface area contributed by atoms with Crippen molar-refractivity contribution in [2.45, 2.75) is 25.6 Å². The van der Waals surface area contributed by atoms with Gasteiger partial charge in [0, 0.05) is 0 Å². The van der Waals surface area contributed by atoms with Gasteiger partial charge in [-0.2, -0.15) is 13.2 Å². The van der Waals surface area contributed by atoms with Crippen LogP contribution in [0.2, 0.25) is 0 Å². The van der Waals surface area contributed by atoms with Crippen LogP contribution in [-0.2, 0) is 12.6 Å². The van der Waals surface area contributed by atoms with E-state index in [1.807, 2.05) is 31.2 Å². The molecular weight excluding hydrogens is 277 g/mol. The lowest BCUT2D eigenvalue weighted by atomic mass is 9.93. The van der Waals surface area contributed by atoms with Crippen LogP contribution >= 0.6 is 0 Å². The number of halogens is 3. The number of hydrogen-bond donors (Lipinski definition) is 2.